The summed E-state index contributed by atoms with van der Waals surface area (Å²) >= 11 is 7.31. The molecule has 2 saturated carbocycles. The van der Waals surface area contributed by atoms with Crippen LogP contribution in [0.3, 0.4) is 0 Å². The number of halogens is 2. The standard InChI is InChI=1S/C20H20Br2N2O5/c1-8(17(25)23-10-5-3-9(4-6-10)20(28)29-2)24-18(26)13-11-7-12(14(13)19(24)27)16(22)15(11)21/h3-6,8,11-16H,7H2,1-2H3,(H,23,25)/t8-,11+,12+,13+,14+,15-,16-/m0/s1. The number of esters is 1. The maximum Gasteiger partial charge on any atom is 0.337 e. The number of carbonyl (C=O) groups excluding carboxylic acids is 4. The molecule has 1 aromatic carbocycles. The van der Waals surface area contributed by atoms with Crippen LogP contribution in [0.1, 0.15) is 23.7 Å². The number of benzene rings is 1. The first-order chi connectivity index (χ1) is 13.8. The third kappa shape index (κ3) is 3.13. The minimum absolute atomic E-state index is 0.108. The monoisotopic (exact) mass is 526 g/mol. The van der Waals surface area contributed by atoms with E-state index in [9.17, 15) is 19.2 Å². The van der Waals surface area contributed by atoms with Gasteiger partial charge in [-0.15, -0.1) is 0 Å². The van der Waals surface area contributed by atoms with Gasteiger partial charge in [-0.25, -0.2) is 4.79 Å². The topological polar surface area (TPSA) is 92.8 Å². The summed E-state index contributed by atoms with van der Waals surface area (Å²) in [6.45, 7) is 1.56. The molecule has 7 nitrogen and oxygen atoms in total. The van der Waals surface area contributed by atoms with Crippen LogP contribution in [0.2, 0.25) is 0 Å². The van der Waals surface area contributed by atoms with Gasteiger partial charge in [0.1, 0.15) is 6.04 Å². The molecule has 4 rings (SSSR count). The summed E-state index contributed by atoms with van der Waals surface area (Å²) in [6.07, 6.45) is 0.847. The molecule has 1 saturated heterocycles. The van der Waals surface area contributed by atoms with Gasteiger partial charge in [0.2, 0.25) is 17.7 Å². The Morgan fingerprint density at radius 1 is 1.07 bits per heavy atom. The number of likely N-dealkylation sites (tertiary alicyclic amines) is 1. The van der Waals surface area contributed by atoms with Crippen molar-refractivity contribution in [3.05, 3.63) is 29.8 Å². The minimum atomic E-state index is -0.914. The van der Waals surface area contributed by atoms with Gasteiger partial charge >= 0.3 is 5.97 Å². The van der Waals surface area contributed by atoms with E-state index in [4.69, 9.17) is 0 Å². The fourth-order valence-corrected chi connectivity index (χ4v) is 6.80. The van der Waals surface area contributed by atoms with Crippen molar-refractivity contribution >= 4 is 61.2 Å². The predicted molar refractivity (Wildman–Crippen MR) is 112 cm³/mol. The second-order valence-corrected chi connectivity index (χ2v) is 9.90. The van der Waals surface area contributed by atoms with Crippen molar-refractivity contribution < 1.29 is 23.9 Å². The highest BCUT2D eigenvalue weighted by atomic mass is 79.9. The van der Waals surface area contributed by atoms with Crippen LogP contribution >= 0.6 is 31.9 Å². The number of imide groups is 1. The molecule has 1 aromatic rings. The van der Waals surface area contributed by atoms with Gasteiger partial charge in [0.25, 0.3) is 0 Å². The van der Waals surface area contributed by atoms with E-state index in [2.05, 4.69) is 41.9 Å². The number of ether oxygens (including phenoxy) is 1. The molecule has 3 aliphatic rings. The summed E-state index contributed by atoms with van der Waals surface area (Å²) in [4.78, 5) is 51.7. The van der Waals surface area contributed by atoms with Gasteiger partial charge in [-0.2, -0.15) is 0 Å². The predicted octanol–water partition coefficient (Wildman–Crippen LogP) is 2.58. The average Bonchev–Trinajstić information content (AvgIpc) is 3.32. The molecule has 2 aliphatic carbocycles. The Labute approximate surface area is 184 Å². The van der Waals surface area contributed by atoms with Crippen molar-refractivity contribution in [3.63, 3.8) is 0 Å². The molecule has 1 aliphatic heterocycles. The number of fused-ring (bicyclic) bond motifs is 5. The lowest BCUT2D eigenvalue weighted by molar-refractivity contribution is -0.146. The van der Waals surface area contributed by atoms with E-state index in [0.29, 0.717) is 11.3 Å². The van der Waals surface area contributed by atoms with Crippen molar-refractivity contribution in [1.82, 2.24) is 4.90 Å². The summed E-state index contributed by atoms with van der Waals surface area (Å²) in [5, 5.41) is 2.71. The van der Waals surface area contributed by atoms with Crippen LogP contribution in [0.15, 0.2) is 24.3 Å². The molecule has 7 atom stereocenters. The zero-order valence-corrected chi connectivity index (χ0v) is 19.0. The Kier molecular flexibility index (Phi) is 5.31. The molecule has 3 amide bonds. The third-order valence-electron chi connectivity index (χ3n) is 6.36. The fraction of sp³-hybridized carbons (Fsp3) is 0.500. The maximum atomic E-state index is 13.0. The minimum Gasteiger partial charge on any atom is -0.465 e. The SMILES string of the molecule is COC(=O)c1ccc(NC(=O)[C@H](C)N2C(=O)[C@@H]3[C@H]4C[C@@H]([C@H](Br)[C@H]4Br)[C@H]3C2=O)cc1. The molecule has 154 valence electrons. The van der Waals surface area contributed by atoms with Gasteiger partial charge in [-0.3, -0.25) is 19.3 Å². The van der Waals surface area contributed by atoms with Crippen LogP contribution in [-0.2, 0) is 19.1 Å². The lowest BCUT2D eigenvalue weighted by Crippen LogP contribution is -2.46. The lowest BCUT2D eigenvalue weighted by Gasteiger charge is -2.28. The Bertz CT molecular complexity index is 857. The molecular weight excluding hydrogens is 508 g/mol. The van der Waals surface area contributed by atoms with E-state index >= 15 is 0 Å². The molecule has 3 fully saturated rings. The summed E-state index contributed by atoms with van der Waals surface area (Å²) in [5.74, 6) is -1.90. The van der Waals surface area contributed by atoms with Gasteiger partial charge < -0.3 is 10.1 Å². The Morgan fingerprint density at radius 3 is 2.07 bits per heavy atom. The second-order valence-electron chi connectivity index (χ2n) is 7.78. The number of alkyl halides is 2. The molecule has 1 heterocycles. The molecule has 0 radical (unpaired) electrons. The van der Waals surface area contributed by atoms with E-state index < -0.39 is 17.9 Å². The summed E-state index contributed by atoms with van der Waals surface area (Å²) in [7, 11) is 1.29. The van der Waals surface area contributed by atoms with Gasteiger partial charge in [-0.1, -0.05) is 31.9 Å². The quantitative estimate of drug-likeness (QED) is 0.369. The van der Waals surface area contributed by atoms with Gasteiger partial charge in [0, 0.05) is 15.3 Å². The van der Waals surface area contributed by atoms with E-state index in [1.165, 1.54) is 19.2 Å². The van der Waals surface area contributed by atoms with E-state index in [1.807, 2.05) is 0 Å². The zero-order chi connectivity index (χ0) is 21.0. The molecular formula is C20H20Br2N2O5. The van der Waals surface area contributed by atoms with Gasteiger partial charge in [0.05, 0.1) is 24.5 Å². The van der Waals surface area contributed by atoms with Crippen molar-refractivity contribution in [2.24, 2.45) is 23.7 Å². The molecule has 0 aromatic heterocycles. The van der Waals surface area contributed by atoms with Gasteiger partial charge in [0.15, 0.2) is 0 Å². The van der Waals surface area contributed by atoms with Crippen LogP contribution in [0.4, 0.5) is 5.69 Å². The van der Waals surface area contributed by atoms with Crippen LogP contribution in [0.5, 0.6) is 0 Å². The van der Waals surface area contributed by atoms with E-state index in [1.54, 1.807) is 19.1 Å². The Morgan fingerprint density at radius 2 is 1.59 bits per heavy atom. The van der Waals surface area contributed by atoms with Crippen molar-refractivity contribution in [3.8, 4) is 0 Å². The number of anilines is 1. The number of nitrogens with zero attached hydrogens (tertiary/aromatic N) is 1. The number of methoxy groups -OCH3 is 1. The third-order valence-corrected chi connectivity index (χ3v) is 9.57. The number of hydrogen-bond donors (Lipinski definition) is 1. The maximum absolute atomic E-state index is 13.0. The number of amides is 3. The first-order valence-electron chi connectivity index (χ1n) is 9.40. The molecule has 1 N–H and O–H groups in total. The Balaban J connectivity index is 1.48. The highest BCUT2D eigenvalue weighted by Gasteiger charge is 2.67. The van der Waals surface area contributed by atoms with Crippen LogP contribution in [0, 0.1) is 23.7 Å². The van der Waals surface area contributed by atoms with Crippen molar-refractivity contribution in [2.45, 2.75) is 29.0 Å². The smallest absolute Gasteiger partial charge is 0.337 e. The highest BCUT2D eigenvalue weighted by molar-refractivity contribution is 9.12. The first-order valence-corrected chi connectivity index (χ1v) is 11.2. The van der Waals surface area contributed by atoms with E-state index in [0.717, 1.165) is 11.3 Å². The van der Waals surface area contributed by atoms with Gasteiger partial charge in [-0.05, 0) is 49.4 Å². The summed E-state index contributed by atoms with van der Waals surface area (Å²) in [6, 6.07) is 5.30. The zero-order valence-electron chi connectivity index (χ0n) is 15.8. The Hall–Kier alpha value is -1.74. The van der Waals surface area contributed by atoms with Crippen LogP contribution in [0.25, 0.3) is 0 Å². The number of nitrogens with one attached hydrogen (secondary N) is 1. The van der Waals surface area contributed by atoms with Crippen molar-refractivity contribution in [1.29, 1.82) is 0 Å². The average molecular weight is 528 g/mol. The fourth-order valence-electron chi connectivity index (χ4n) is 4.93. The molecule has 0 unspecified atom stereocenters. The highest BCUT2D eigenvalue weighted by Crippen LogP contribution is 2.60. The molecule has 29 heavy (non-hydrogen) atoms. The number of rotatable bonds is 4. The molecule has 9 heteroatoms. The summed E-state index contributed by atoms with van der Waals surface area (Å²) < 4.78 is 4.65. The molecule has 0 spiro atoms. The van der Waals surface area contributed by atoms with Crippen LogP contribution in [-0.4, -0.2) is 51.4 Å². The van der Waals surface area contributed by atoms with E-state index in [-0.39, 0.29) is 45.1 Å². The number of hydrogen-bond acceptors (Lipinski definition) is 5. The second kappa shape index (κ2) is 7.50. The first kappa shape index (κ1) is 20.5. The normalized spacial score (nSPS) is 33.6. The van der Waals surface area contributed by atoms with Crippen molar-refractivity contribution in [2.75, 3.05) is 12.4 Å². The lowest BCUT2D eigenvalue weighted by atomic mass is 9.81. The number of carbonyl (C=O) groups is 4. The largest absolute Gasteiger partial charge is 0.465 e. The van der Waals surface area contributed by atoms with Crippen LogP contribution < -0.4 is 5.32 Å². The summed E-state index contributed by atoms with van der Waals surface area (Å²) in [5.41, 5.74) is 0.829. The molecule has 2 bridgehead atoms.